The fraction of sp³-hybridized carbons (Fsp3) is 0.350. The maximum absolute atomic E-state index is 12.2. The molecule has 0 bridgehead atoms. The molecule has 0 saturated heterocycles. The lowest BCUT2D eigenvalue weighted by molar-refractivity contribution is -0.115. The number of amides is 1. The molecule has 0 unspecified atom stereocenters. The van der Waals surface area contributed by atoms with Crippen LogP contribution in [0.5, 0.6) is 11.5 Å². The Labute approximate surface area is 141 Å². The summed E-state index contributed by atoms with van der Waals surface area (Å²) in [5, 5.41) is 2.94. The molecule has 24 heavy (non-hydrogen) atoms. The fourth-order valence-electron chi connectivity index (χ4n) is 3.39. The van der Waals surface area contributed by atoms with E-state index < -0.39 is 5.79 Å². The third kappa shape index (κ3) is 2.96. The van der Waals surface area contributed by atoms with Crippen LogP contribution in [0.2, 0.25) is 0 Å². The minimum absolute atomic E-state index is 0.0340. The van der Waals surface area contributed by atoms with Crippen molar-refractivity contribution in [3.05, 3.63) is 53.6 Å². The minimum Gasteiger partial charge on any atom is -0.448 e. The quantitative estimate of drug-likeness (QED) is 0.920. The van der Waals surface area contributed by atoms with E-state index in [2.05, 4.69) is 5.32 Å². The van der Waals surface area contributed by atoms with Crippen LogP contribution in [-0.4, -0.2) is 11.7 Å². The molecule has 1 aliphatic carbocycles. The van der Waals surface area contributed by atoms with Crippen molar-refractivity contribution in [1.82, 2.24) is 0 Å². The fourth-order valence-corrected chi connectivity index (χ4v) is 3.39. The van der Waals surface area contributed by atoms with Crippen molar-refractivity contribution in [3.8, 4) is 11.5 Å². The molecule has 1 fully saturated rings. The lowest BCUT2D eigenvalue weighted by atomic mass is 10.1. The van der Waals surface area contributed by atoms with Crippen LogP contribution < -0.4 is 14.8 Å². The molecule has 1 heterocycles. The summed E-state index contributed by atoms with van der Waals surface area (Å²) in [5.74, 6) is 0.999. The monoisotopic (exact) mass is 323 g/mol. The van der Waals surface area contributed by atoms with Crippen LogP contribution in [0, 0.1) is 6.92 Å². The zero-order valence-corrected chi connectivity index (χ0v) is 13.8. The predicted octanol–water partition coefficient (Wildman–Crippen LogP) is 4.22. The molecule has 2 aliphatic rings. The molecular formula is C20H21NO3. The molecule has 1 saturated carbocycles. The Morgan fingerprint density at radius 2 is 1.75 bits per heavy atom. The van der Waals surface area contributed by atoms with Crippen molar-refractivity contribution in [2.75, 3.05) is 5.32 Å². The van der Waals surface area contributed by atoms with Crippen molar-refractivity contribution < 1.29 is 14.3 Å². The van der Waals surface area contributed by atoms with Crippen molar-refractivity contribution in [1.29, 1.82) is 0 Å². The Balaban J connectivity index is 1.43. The molecule has 0 aromatic heterocycles. The molecule has 4 nitrogen and oxygen atoms in total. The zero-order chi connectivity index (χ0) is 16.6. The molecule has 124 valence electrons. The second kappa shape index (κ2) is 5.86. The van der Waals surface area contributed by atoms with Gasteiger partial charge < -0.3 is 14.8 Å². The summed E-state index contributed by atoms with van der Waals surface area (Å²) in [7, 11) is 0. The summed E-state index contributed by atoms with van der Waals surface area (Å²) in [6.45, 7) is 2.04. The minimum atomic E-state index is -0.465. The molecule has 0 atom stereocenters. The largest absolute Gasteiger partial charge is 0.448 e. The summed E-state index contributed by atoms with van der Waals surface area (Å²) in [6.07, 6.45) is 4.48. The molecule has 4 heteroatoms. The molecule has 1 amide bonds. The second-order valence-electron chi connectivity index (χ2n) is 6.69. The molecule has 2 aromatic rings. The first-order valence-electron chi connectivity index (χ1n) is 8.49. The van der Waals surface area contributed by atoms with E-state index in [0.717, 1.165) is 48.4 Å². The van der Waals surface area contributed by atoms with Gasteiger partial charge in [-0.3, -0.25) is 4.79 Å². The van der Waals surface area contributed by atoms with Gasteiger partial charge in [-0.15, -0.1) is 0 Å². The lowest BCUT2D eigenvalue weighted by Crippen LogP contribution is -2.34. The normalized spacial score (nSPS) is 17.2. The Kier molecular flexibility index (Phi) is 3.68. The number of fused-ring (bicyclic) bond motifs is 1. The predicted molar refractivity (Wildman–Crippen MR) is 92.4 cm³/mol. The van der Waals surface area contributed by atoms with Crippen molar-refractivity contribution in [2.45, 2.75) is 44.8 Å². The van der Waals surface area contributed by atoms with Crippen LogP contribution in [0.1, 0.15) is 36.8 Å². The smallest absolute Gasteiger partial charge is 0.251 e. The van der Waals surface area contributed by atoms with E-state index in [4.69, 9.17) is 9.47 Å². The number of rotatable bonds is 3. The van der Waals surface area contributed by atoms with Gasteiger partial charge in [0.05, 0.1) is 6.42 Å². The number of hydrogen-bond acceptors (Lipinski definition) is 3. The number of carbonyl (C=O) groups excluding carboxylic acids is 1. The van der Waals surface area contributed by atoms with Gasteiger partial charge in [0.1, 0.15) is 0 Å². The van der Waals surface area contributed by atoms with E-state index in [9.17, 15) is 4.79 Å². The summed E-state index contributed by atoms with van der Waals surface area (Å²) < 4.78 is 12.0. The molecule has 0 radical (unpaired) electrons. The highest BCUT2D eigenvalue weighted by Crippen LogP contribution is 2.47. The zero-order valence-electron chi connectivity index (χ0n) is 13.8. The Morgan fingerprint density at radius 1 is 1.04 bits per heavy atom. The number of carbonyl (C=O) groups is 1. The number of nitrogens with one attached hydrogen (secondary N) is 1. The average molecular weight is 323 g/mol. The van der Waals surface area contributed by atoms with Crippen LogP contribution in [0.25, 0.3) is 0 Å². The summed E-state index contributed by atoms with van der Waals surface area (Å²) in [5.41, 5.74) is 2.93. The number of benzene rings is 2. The number of aryl methyl sites for hydroxylation is 1. The number of anilines is 1. The Hall–Kier alpha value is -2.49. The van der Waals surface area contributed by atoms with Crippen molar-refractivity contribution >= 4 is 11.6 Å². The lowest BCUT2D eigenvalue weighted by Gasteiger charge is -2.21. The van der Waals surface area contributed by atoms with Crippen molar-refractivity contribution in [3.63, 3.8) is 0 Å². The van der Waals surface area contributed by atoms with Gasteiger partial charge in [0, 0.05) is 24.6 Å². The van der Waals surface area contributed by atoms with E-state index >= 15 is 0 Å². The van der Waals surface area contributed by atoms with E-state index in [1.54, 1.807) is 0 Å². The molecule has 4 rings (SSSR count). The molecular weight excluding hydrogens is 302 g/mol. The highest BCUT2D eigenvalue weighted by molar-refractivity contribution is 5.92. The number of ether oxygens (including phenoxy) is 2. The van der Waals surface area contributed by atoms with Gasteiger partial charge in [0.15, 0.2) is 11.5 Å². The third-order valence-corrected chi connectivity index (χ3v) is 4.67. The highest BCUT2D eigenvalue weighted by atomic mass is 16.7. The van der Waals surface area contributed by atoms with Gasteiger partial charge in [-0.2, -0.15) is 0 Å². The summed E-state index contributed by atoms with van der Waals surface area (Å²) in [4.78, 5) is 12.2. The summed E-state index contributed by atoms with van der Waals surface area (Å²) >= 11 is 0. The van der Waals surface area contributed by atoms with Crippen LogP contribution in [-0.2, 0) is 11.2 Å². The van der Waals surface area contributed by atoms with Gasteiger partial charge in [-0.25, -0.2) is 0 Å². The SMILES string of the molecule is Cc1ccc(CC(=O)Nc2ccc3c(c2)OC2(CCCC2)O3)cc1. The van der Waals surface area contributed by atoms with E-state index in [1.807, 2.05) is 49.4 Å². The molecule has 2 aromatic carbocycles. The Morgan fingerprint density at radius 3 is 2.50 bits per heavy atom. The molecule has 1 N–H and O–H groups in total. The highest BCUT2D eigenvalue weighted by Gasteiger charge is 2.44. The first kappa shape index (κ1) is 15.1. The first-order valence-corrected chi connectivity index (χ1v) is 8.49. The standard InChI is InChI=1S/C20H21NO3/c1-14-4-6-15(7-5-14)12-19(22)21-16-8-9-17-18(13-16)24-20(23-17)10-2-3-11-20/h4-9,13H,2-3,10-12H2,1H3,(H,21,22). The topological polar surface area (TPSA) is 47.6 Å². The van der Waals surface area contributed by atoms with E-state index in [0.29, 0.717) is 6.42 Å². The van der Waals surface area contributed by atoms with E-state index in [-0.39, 0.29) is 5.91 Å². The molecule has 1 aliphatic heterocycles. The summed E-state index contributed by atoms with van der Waals surface area (Å²) in [6, 6.07) is 13.6. The van der Waals surface area contributed by atoms with Crippen LogP contribution in [0.15, 0.2) is 42.5 Å². The van der Waals surface area contributed by atoms with Gasteiger partial charge in [0.25, 0.3) is 5.79 Å². The van der Waals surface area contributed by atoms with Crippen molar-refractivity contribution in [2.24, 2.45) is 0 Å². The second-order valence-corrected chi connectivity index (χ2v) is 6.69. The number of hydrogen-bond donors (Lipinski definition) is 1. The Bertz CT molecular complexity index is 761. The van der Waals surface area contributed by atoms with Gasteiger partial charge in [-0.05, 0) is 37.5 Å². The third-order valence-electron chi connectivity index (χ3n) is 4.67. The molecule has 1 spiro atoms. The average Bonchev–Trinajstić information content (AvgIpc) is 3.15. The van der Waals surface area contributed by atoms with Gasteiger partial charge in [0.2, 0.25) is 5.91 Å². The maximum atomic E-state index is 12.2. The van der Waals surface area contributed by atoms with Gasteiger partial charge >= 0.3 is 0 Å². The first-order chi connectivity index (χ1) is 11.6. The maximum Gasteiger partial charge on any atom is 0.251 e. The van der Waals surface area contributed by atoms with Gasteiger partial charge in [-0.1, -0.05) is 29.8 Å². The van der Waals surface area contributed by atoms with Crippen LogP contribution in [0.4, 0.5) is 5.69 Å². The van der Waals surface area contributed by atoms with Crippen LogP contribution in [0.3, 0.4) is 0 Å². The van der Waals surface area contributed by atoms with Crippen LogP contribution >= 0.6 is 0 Å². The van der Waals surface area contributed by atoms with E-state index in [1.165, 1.54) is 5.56 Å².